The van der Waals surface area contributed by atoms with E-state index in [0.29, 0.717) is 10.6 Å². The van der Waals surface area contributed by atoms with E-state index in [9.17, 15) is 4.39 Å². The summed E-state index contributed by atoms with van der Waals surface area (Å²) in [6, 6.07) is 4.33. The fraction of sp³-hybridized carbons (Fsp3) is 0.571. The van der Waals surface area contributed by atoms with E-state index in [4.69, 9.17) is 17.3 Å². The number of benzene rings is 1. The molecule has 0 bridgehead atoms. The lowest BCUT2D eigenvalue weighted by atomic mass is 10.00. The lowest BCUT2D eigenvalue weighted by Gasteiger charge is -2.13. The molecule has 2 N–H and O–H groups in total. The number of hydrogen-bond acceptors (Lipinski definition) is 1. The van der Waals surface area contributed by atoms with Gasteiger partial charge >= 0.3 is 0 Å². The van der Waals surface area contributed by atoms with Crippen molar-refractivity contribution in [3.8, 4) is 0 Å². The summed E-state index contributed by atoms with van der Waals surface area (Å²) >= 11 is 5.84. The molecule has 96 valence electrons. The van der Waals surface area contributed by atoms with Gasteiger partial charge in [-0.2, -0.15) is 0 Å². The Balaban J connectivity index is 2.41. The summed E-state index contributed by atoms with van der Waals surface area (Å²) in [6.45, 7) is 2.19. The maximum absolute atomic E-state index is 13.5. The second kappa shape index (κ2) is 7.67. The lowest BCUT2D eigenvalue weighted by Crippen LogP contribution is -2.12. The lowest BCUT2D eigenvalue weighted by molar-refractivity contribution is 0.527. The first-order chi connectivity index (χ1) is 8.15. The highest BCUT2D eigenvalue weighted by atomic mass is 35.5. The van der Waals surface area contributed by atoms with Gasteiger partial charge in [-0.25, -0.2) is 4.39 Å². The SMILES string of the molecule is CCCCCCCC(N)c1cc(Cl)ccc1F. The highest BCUT2D eigenvalue weighted by Crippen LogP contribution is 2.23. The normalized spacial score (nSPS) is 12.7. The van der Waals surface area contributed by atoms with Crippen molar-refractivity contribution in [2.24, 2.45) is 5.73 Å². The maximum atomic E-state index is 13.5. The Hall–Kier alpha value is -0.600. The maximum Gasteiger partial charge on any atom is 0.128 e. The standard InChI is InChI=1S/C14H21ClFN/c1-2-3-4-5-6-7-14(17)12-10-11(15)8-9-13(12)16/h8-10,14H,2-7,17H2,1H3. The quantitative estimate of drug-likeness (QED) is 0.695. The van der Waals surface area contributed by atoms with Crippen molar-refractivity contribution in [3.63, 3.8) is 0 Å². The van der Waals surface area contributed by atoms with E-state index >= 15 is 0 Å². The predicted molar refractivity (Wildman–Crippen MR) is 71.7 cm³/mol. The van der Waals surface area contributed by atoms with E-state index in [0.717, 1.165) is 12.8 Å². The van der Waals surface area contributed by atoms with Crippen LogP contribution in [0.4, 0.5) is 4.39 Å². The number of unbranched alkanes of at least 4 members (excludes halogenated alkanes) is 4. The van der Waals surface area contributed by atoms with E-state index in [1.165, 1.54) is 31.7 Å². The molecular formula is C14H21ClFN. The molecular weight excluding hydrogens is 237 g/mol. The Morgan fingerprint density at radius 2 is 1.94 bits per heavy atom. The highest BCUT2D eigenvalue weighted by Gasteiger charge is 2.11. The van der Waals surface area contributed by atoms with Gasteiger partial charge in [-0.3, -0.25) is 0 Å². The Morgan fingerprint density at radius 1 is 1.24 bits per heavy atom. The van der Waals surface area contributed by atoms with Crippen molar-refractivity contribution in [2.75, 3.05) is 0 Å². The first-order valence-electron chi connectivity index (χ1n) is 6.35. The minimum Gasteiger partial charge on any atom is -0.324 e. The van der Waals surface area contributed by atoms with Crippen LogP contribution < -0.4 is 5.73 Å². The fourth-order valence-electron chi connectivity index (χ4n) is 1.92. The molecule has 1 unspecified atom stereocenters. The van der Waals surface area contributed by atoms with E-state index in [2.05, 4.69) is 6.92 Å². The largest absolute Gasteiger partial charge is 0.324 e. The third-order valence-corrected chi connectivity index (χ3v) is 3.21. The molecule has 1 aromatic carbocycles. The van der Waals surface area contributed by atoms with E-state index in [-0.39, 0.29) is 11.9 Å². The average Bonchev–Trinajstić information content (AvgIpc) is 2.32. The van der Waals surface area contributed by atoms with Crippen molar-refractivity contribution in [1.29, 1.82) is 0 Å². The monoisotopic (exact) mass is 257 g/mol. The summed E-state index contributed by atoms with van der Waals surface area (Å²) < 4.78 is 13.5. The topological polar surface area (TPSA) is 26.0 Å². The van der Waals surface area contributed by atoms with Crippen molar-refractivity contribution in [2.45, 2.75) is 51.5 Å². The number of rotatable bonds is 7. The number of nitrogens with two attached hydrogens (primary N) is 1. The van der Waals surface area contributed by atoms with Crippen LogP contribution in [0.5, 0.6) is 0 Å². The molecule has 0 amide bonds. The zero-order valence-electron chi connectivity index (χ0n) is 10.4. The smallest absolute Gasteiger partial charge is 0.128 e. The minimum atomic E-state index is -0.254. The number of hydrogen-bond donors (Lipinski definition) is 1. The van der Waals surface area contributed by atoms with Crippen molar-refractivity contribution in [1.82, 2.24) is 0 Å². The summed E-state index contributed by atoms with van der Waals surface area (Å²) in [5.41, 5.74) is 6.52. The molecule has 0 aromatic heterocycles. The molecule has 0 aliphatic carbocycles. The number of halogens is 2. The summed E-state index contributed by atoms with van der Waals surface area (Å²) in [6.07, 6.45) is 6.77. The van der Waals surface area contributed by atoms with Gasteiger partial charge in [0.25, 0.3) is 0 Å². The van der Waals surface area contributed by atoms with Gasteiger partial charge in [0.15, 0.2) is 0 Å². The van der Waals surface area contributed by atoms with Crippen LogP contribution in [0.1, 0.15) is 57.1 Å². The van der Waals surface area contributed by atoms with Gasteiger partial charge in [-0.15, -0.1) is 0 Å². The van der Waals surface area contributed by atoms with E-state index in [1.54, 1.807) is 12.1 Å². The molecule has 0 fully saturated rings. The third kappa shape index (κ3) is 5.05. The fourth-order valence-corrected chi connectivity index (χ4v) is 2.10. The molecule has 0 saturated heterocycles. The van der Waals surface area contributed by atoms with Gasteiger partial charge in [0.2, 0.25) is 0 Å². The summed E-state index contributed by atoms with van der Waals surface area (Å²) in [5, 5.41) is 0.544. The molecule has 1 rings (SSSR count). The van der Waals surface area contributed by atoms with Gasteiger partial charge in [0.1, 0.15) is 5.82 Å². The van der Waals surface area contributed by atoms with Crippen LogP contribution in [0, 0.1) is 5.82 Å². The van der Waals surface area contributed by atoms with Crippen molar-refractivity contribution < 1.29 is 4.39 Å². The van der Waals surface area contributed by atoms with Crippen LogP contribution in [0.3, 0.4) is 0 Å². The molecule has 0 heterocycles. The predicted octanol–water partition coefficient (Wildman–Crippen LogP) is 4.84. The van der Waals surface area contributed by atoms with Crippen LogP contribution in [0.25, 0.3) is 0 Å². The Kier molecular flexibility index (Phi) is 6.53. The van der Waals surface area contributed by atoms with Gasteiger partial charge in [-0.05, 0) is 24.6 Å². The first kappa shape index (κ1) is 14.5. The molecule has 0 radical (unpaired) electrons. The van der Waals surface area contributed by atoms with Gasteiger partial charge < -0.3 is 5.73 Å². The van der Waals surface area contributed by atoms with Crippen LogP contribution in [-0.2, 0) is 0 Å². The summed E-state index contributed by atoms with van der Waals surface area (Å²) in [5.74, 6) is -0.254. The molecule has 0 saturated carbocycles. The molecule has 17 heavy (non-hydrogen) atoms. The molecule has 3 heteroatoms. The Labute approximate surface area is 108 Å². The van der Waals surface area contributed by atoms with Crippen LogP contribution in [-0.4, -0.2) is 0 Å². The zero-order valence-corrected chi connectivity index (χ0v) is 11.1. The van der Waals surface area contributed by atoms with Gasteiger partial charge in [0, 0.05) is 16.6 Å². The van der Waals surface area contributed by atoms with Crippen molar-refractivity contribution in [3.05, 3.63) is 34.6 Å². The zero-order chi connectivity index (χ0) is 12.7. The molecule has 0 aliphatic heterocycles. The summed E-state index contributed by atoms with van der Waals surface area (Å²) in [4.78, 5) is 0. The highest BCUT2D eigenvalue weighted by molar-refractivity contribution is 6.30. The van der Waals surface area contributed by atoms with Crippen LogP contribution >= 0.6 is 11.6 Å². The molecule has 0 spiro atoms. The van der Waals surface area contributed by atoms with Gasteiger partial charge in [-0.1, -0.05) is 50.6 Å². The Morgan fingerprint density at radius 3 is 2.65 bits per heavy atom. The first-order valence-corrected chi connectivity index (χ1v) is 6.73. The van der Waals surface area contributed by atoms with Crippen LogP contribution in [0.2, 0.25) is 5.02 Å². The molecule has 0 aliphatic rings. The molecule has 1 aromatic rings. The average molecular weight is 258 g/mol. The molecule has 1 atom stereocenters. The third-order valence-electron chi connectivity index (χ3n) is 2.98. The summed E-state index contributed by atoms with van der Waals surface area (Å²) in [7, 11) is 0. The second-order valence-corrected chi connectivity index (χ2v) is 4.91. The van der Waals surface area contributed by atoms with Crippen molar-refractivity contribution >= 4 is 11.6 Å². The van der Waals surface area contributed by atoms with Crippen LogP contribution in [0.15, 0.2) is 18.2 Å². The molecule has 1 nitrogen and oxygen atoms in total. The minimum absolute atomic E-state index is 0.240. The van der Waals surface area contributed by atoms with Gasteiger partial charge in [0.05, 0.1) is 0 Å². The Bertz CT molecular complexity index is 341. The van der Waals surface area contributed by atoms with E-state index < -0.39 is 0 Å². The van der Waals surface area contributed by atoms with E-state index in [1.807, 2.05) is 0 Å². The second-order valence-electron chi connectivity index (χ2n) is 4.48.